The first kappa shape index (κ1) is 12.7. The van der Waals surface area contributed by atoms with Gasteiger partial charge in [0.15, 0.2) is 0 Å². The van der Waals surface area contributed by atoms with Crippen LogP contribution in [0.3, 0.4) is 0 Å². The molecule has 3 nitrogen and oxygen atoms in total. The normalized spacial score (nSPS) is 10.2. The summed E-state index contributed by atoms with van der Waals surface area (Å²) in [7, 11) is 0. The summed E-state index contributed by atoms with van der Waals surface area (Å²) in [5.41, 5.74) is 0.761. The third kappa shape index (κ3) is 3.14. The summed E-state index contributed by atoms with van der Waals surface area (Å²) in [5, 5.41) is 0.464. The van der Waals surface area contributed by atoms with Crippen LogP contribution in [0.15, 0.2) is 36.4 Å². The van der Waals surface area contributed by atoms with Crippen LogP contribution in [-0.2, 0) is 0 Å². The van der Waals surface area contributed by atoms with E-state index in [1.807, 2.05) is 38.1 Å². The molecule has 0 spiro atoms. The molecule has 0 aliphatic heterocycles. The molecule has 0 atom stereocenters. The number of aromatic nitrogens is 1. The monoisotopic (exact) mass is 263 g/mol. The Morgan fingerprint density at radius 1 is 1.06 bits per heavy atom. The highest BCUT2D eigenvalue weighted by Crippen LogP contribution is 2.26. The van der Waals surface area contributed by atoms with Gasteiger partial charge < -0.3 is 9.47 Å². The number of aryl methyl sites for hydroxylation is 1. The summed E-state index contributed by atoms with van der Waals surface area (Å²) in [6.45, 7) is 4.46. The number of ether oxygens (including phenoxy) is 2. The van der Waals surface area contributed by atoms with Gasteiger partial charge in [0.1, 0.15) is 22.4 Å². The summed E-state index contributed by atoms with van der Waals surface area (Å²) >= 11 is 5.79. The summed E-state index contributed by atoms with van der Waals surface area (Å²) in [6.07, 6.45) is 0. The molecule has 1 aromatic heterocycles. The quantitative estimate of drug-likeness (QED) is 0.774. The number of hydrogen-bond donors (Lipinski definition) is 0. The fraction of sp³-hybridized carbons (Fsp3) is 0.214. The second kappa shape index (κ2) is 5.74. The van der Waals surface area contributed by atoms with Crippen LogP contribution >= 0.6 is 11.6 Å². The number of halogens is 1. The van der Waals surface area contributed by atoms with E-state index in [0.29, 0.717) is 17.5 Å². The van der Waals surface area contributed by atoms with Crippen molar-refractivity contribution in [1.82, 2.24) is 4.98 Å². The minimum Gasteiger partial charge on any atom is -0.494 e. The molecule has 4 heteroatoms. The summed E-state index contributed by atoms with van der Waals surface area (Å²) < 4.78 is 11.1. The second-order valence-corrected chi connectivity index (χ2v) is 4.11. The molecule has 0 bridgehead atoms. The molecule has 0 aliphatic rings. The van der Waals surface area contributed by atoms with Crippen LogP contribution in [-0.4, -0.2) is 11.6 Å². The number of pyridine rings is 1. The lowest BCUT2D eigenvalue weighted by molar-refractivity contribution is 0.339. The topological polar surface area (TPSA) is 31.4 Å². The molecule has 0 saturated carbocycles. The van der Waals surface area contributed by atoms with Gasteiger partial charge in [-0.05, 0) is 50.2 Å². The molecular weight excluding hydrogens is 250 g/mol. The van der Waals surface area contributed by atoms with E-state index in [0.717, 1.165) is 17.2 Å². The number of benzene rings is 1. The minimum atomic E-state index is 0.464. The molecule has 0 amide bonds. The zero-order valence-electron chi connectivity index (χ0n) is 10.3. The Bertz CT molecular complexity index is 526. The maximum Gasteiger partial charge on any atom is 0.148 e. The van der Waals surface area contributed by atoms with E-state index in [-0.39, 0.29) is 0 Å². The van der Waals surface area contributed by atoms with Crippen molar-refractivity contribution in [3.05, 3.63) is 47.2 Å². The van der Waals surface area contributed by atoms with Gasteiger partial charge in [0.2, 0.25) is 0 Å². The standard InChI is InChI=1S/C14H14ClNO2/c1-3-17-11-4-6-12(7-5-11)18-13-8-9-14(15)16-10(13)2/h4-9H,3H2,1-2H3. The van der Waals surface area contributed by atoms with E-state index in [1.165, 1.54) is 0 Å². The van der Waals surface area contributed by atoms with Crippen molar-refractivity contribution in [2.45, 2.75) is 13.8 Å². The lowest BCUT2D eigenvalue weighted by Gasteiger charge is -2.09. The molecule has 0 saturated heterocycles. The number of nitrogens with zero attached hydrogens (tertiary/aromatic N) is 1. The first-order chi connectivity index (χ1) is 8.69. The van der Waals surface area contributed by atoms with E-state index < -0.39 is 0 Å². The van der Waals surface area contributed by atoms with Crippen molar-refractivity contribution in [2.75, 3.05) is 6.61 Å². The second-order valence-electron chi connectivity index (χ2n) is 3.72. The van der Waals surface area contributed by atoms with Gasteiger partial charge in [-0.15, -0.1) is 0 Å². The highest BCUT2D eigenvalue weighted by Gasteiger charge is 2.03. The van der Waals surface area contributed by atoms with Crippen LogP contribution in [0.25, 0.3) is 0 Å². The van der Waals surface area contributed by atoms with Gasteiger partial charge in [-0.25, -0.2) is 4.98 Å². The van der Waals surface area contributed by atoms with Crippen molar-refractivity contribution < 1.29 is 9.47 Å². The Labute approximate surface area is 111 Å². The molecular formula is C14H14ClNO2. The van der Waals surface area contributed by atoms with E-state index in [4.69, 9.17) is 21.1 Å². The fourth-order valence-corrected chi connectivity index (χ4v) is 1.71. The Morgan fingerprint density at radius 3 is 2.33 bits per heavy atom. The van der Waals surface area contributed by atoms with Gasteiger partial charge in [-0.3, -0.25) is 0 Å². The summed E-state index contributed by atoms with van der Waals surface area (Å²) in [4.78, 5) is 4.13. The van der Waals surface area contributed by atoms with Crippen LogP contribution in [0.4, 0.5) is 0 Å². The van der Waals surface area contributed by atoms with Gasteiger partial charge in [-0.1, -0.05) is 11.6 Å². The predicted octanol–water partition coefficient (Wildman–Crippen LogP) is 4.23. The van der Waals surface area contributed by atoms with Gasteiger partial charge in [0, 0.05) is 0 Å². The largest absolute Gasteiger partial charge is 0.494 e. The molecule has 2 rings (SSSR count). The molecule has 1 aromatic carbocycles. The molecule has 0 unspecified atom stereocenters. The minimum absolute atomic E-state index is 0.464. The van der Waals surface area contributed by atoms with Gasteiger partial charge in [-0.2, -0.15) is 0 Å². The van der Waals surface area contributed by atoms with Gasteiger partial charge in [0.25, 0.3) is 0 Å². The molecule has 2 aromatic rings. The Balaban J connectivity index is 2.13. The van der Waals surface area contributed by atoms with E-state index in [2.05, 4.69) is 4.98 Å². The molecule has 18 heavy (non-hydrogen) atoms. The van der Waals surface area contributed by atoms with Gasteiger partial charge in [0.05, 0.1) is 12.3 Å². The third-order valence-corrected chi connectivity index (χ3v) is 2.58. The highest BCUT2D eigenvalue weighted by atomic mass is 35.5. The lowest BCUT2D eigenvalue weighted by atomic mass is 10.3. The molecule has 0 N–H and O–H groups in total. The maximum absolute atomic E-state index is 5.79. The maximum atomic E-state index is 5.79. The zero-order valence-corrected chi connectivity index (χ0v) is 11.1. The van der Waals surface area contributed by atoms with E-state index in [1.54, 1.807) is 12.1 Å². The van der Waals surface area contributed by atoms with Crippen LogP contribution in [0, 0.1) is 6.92 Å². The Hall–Kier alpha value is -1.74. The van der Waals surface area contributed by atoms with E-state index in [9.17, 15) is 0 Å². The Morgan fingerprint density at radius 2 is 1.72 bits per heavy atom. The van der Waals surface area contributed by atoms with Gasteiger partial charge >= 0.3 is 0 Å². The average molecular weight is 264 g/mol. The zero-order chi connectivity index (χ0) is 13.0. The number of rotatable bonds is 4. The molecule has 0 aliphatic carbocycles. The summed E-state index contributed by atoms with van der Waals surface area (Å²) in [5.74, 6) is 2.27. The fourth-order valence-electron chi connectivity index (χ4n) is 1.52. The lowest BCUT2D eigenvalue weighted by Crippen LogP contribution is -1.92. The SMILES string of the molecule is CCOc1ccc(Oc2ccc(Cl)nc2C)cc1. The van der Waals surface area contributed by atoms with Crippen molar-refractivity contribution in [2.24, 2.45) is 0 Å². The average Bonchev–Trinajstić information content (AvgIpc) is 2.35. The first-order valence-corrected chi connectivity index (χ1v) is 6.10. The predicted molar refractivity (Wildman–Crippen MR) is 71.7 cm³/mol. The number of hydrogen-bond acceptors (Lipinski definition) is 3. The van der Waals surface area contributed by atoms with Crippen molar-refractivity contribution in [1.29, 1.82) is 0 Å². The van der Waals surface area contributed by atoms with Crippen LogP contribution < -0.4 is 9.47 Å². The van der Waals surface area contributed by atoms with Crippen molar-refractivity contribution in [3.8, 4) is 17.2 Å². The molecule has 0 radical (unpaired) electrons. The van der Waals surface area contributed by atoms with Crippen LogP contribution in [0.2, 0.25) is 5.15 Å². The molecule has 1 heterocycles. The third-order valence-electron chi connectivity index (χ3n) is 2.37. The highest BCUT2D eigenvalue weighted by molar-refractivity contribution is 6.29. The van der Waals surface area contributed by atoms with Crippen LogP contribution in [0.1, 0.15) is 12.6 Å². The molecule has 94 valence electrons. The van der Waals surface area contributed by atoms with E-state index >= 15 is 0 Å². The van der Waals surface area contributed by atoms with Crippen molar-refractivity contribution >= 4 is 11.6 Å². The molecule has 0 fully saturated rings. The Kier molecular flexibility index (Phi) is 4.05. The summed E-state index contributed by atoms with van der Waals surface area (Å²) in [6, 6.07) is 11.0. The van der Waals surface area contributed by atoms with Crippen LogP contribution in [0.5, 0.6) is 17.2 Å². The smallest absolute Gasteiger partial charge is 0.148 e. The van der Waals surface area contributed by atoms with Crippen molar-refractivity contribution in [3.63, 3.8) is 0 Å². The first-order valence-electron chi connectivity index (χ1n) is 5.73.